The molecular formula is C45H40Zr. The molecule has 0 radical (unpaired) electrons. The molecule has 0 fully saturated rings. The van der Waals surface area contributed by atoms with Crippen molar-refractivity contribution in [2.24, 2.45) is 0 Å². The molecule has 0 saturated heterocycles. The van der Waals surface area contributed by atoms with E-state index >= 15 is 0 Å². The average molecular weight is 672 g/mol. The van der Waals surface area contributed by atoms with Gasteiger partial charge >= 0.3 is 283 Å². The first-order valence-electron chi connectivity index (χ1n) is 17.0. The third-order valence-electron chi connectivity index (χ3n) is 10.3. The van der Waals surface area contributed by atoms with Crippen molar-refractivity contribution in [2.45, 2.75) is 46.8 Å². The van der Waals surface area contributed by atoms with E-state index in [1.807, 2.05) is 0 Å². The predicted molar refractivity (Wildman–Crippen MR) is 197 cm³/mol. The zero-order valence-corrected chi connectivity index (χ0v) is 29.3. The van der Waals surface area contributed by atoms with Crippen LogP contribution in [0.3, 0.4) is 0 Å². The van der Waals surface area contributed by atoms with Gasteiger partial charge in [-0.25, -0.2) is 0 Å². The summed E-state index contributed by atoms with van der Waals surface area (Å²) in [6, 6.07) is 45.4. The van der Waals surface area contributed by atoms with Crippen LogP contribution in [0.15, 0.2) is 132 Å². The fourth-order valence-corrected chi connectivity index (χ4v) is 15.9. The van der Waals surface area contributed by atoms with Gasteiger partial charge in [-0.1, -0.05) is 0 Å². The summed E-state index contributed by atoms with van der Waals surface area (Å²) < 4.78 is 6.27. The molecule has 2 unspecified atom stereocenters. The Labute approximate surface area is 281 Å². The van der Waals surface area contributed by atoms with Crippen LogP contribution < -0.4 is 0 Å². The van der Waals surface area contributed by atoms with Crippen molar-refractivity contribution in [3.05, 3.63) is 155 Å². The van der Waals surface area contributed by atoms with Gasteiger partial charge in [0.05, 0.1) is 0 Å². The number of fused-ring (bicyclic) bond motifs is 4. The first kappa shape index (κ1) is 29.5. The van der Waals surface area contributed by atoms with Crippen LogP contribution in [0.5, 0.6) is 0 Å². The molecule has 2 aliphatic rings. The number of rotatable bonds is 8. The molecule has 46 heavy (non-hydrogen) atoms. The fraction of sp³-hybridized carbons (Fsp3) is 0.178. The molecule has 0 N–H and O–H groups in total. The van der Waals surface area contributed by atoms with E-state index in [1.165, 1.54) is 78.9 Å². The summed E-state index contributed by atoms with van der Waals surface area (Å²) in [7, 11) is 0. The Balaban J connectivity index is 1.26. The molecule has 0 spiro atoms. The number of hydrogen-bond acceptors (Lipinski definition) is 0. The summed E-state index contributed by atoms with van der Waals surface area (Å²) in [4.78, 5) is 0. The van der Waals surface area contributed by atoms with Gasteiger partial charge in [-0.3, -0.25) is 0 Å². The Kier molecular flexibility index (Phi) is 7.91. The Morgan fingerprint density at radius 1 is 0.478 bits per heavy atom. The molecule has 0 nitrogen and oxygen atoms in total. The SMILES string of the molecule is [CH2]=[Zr]([CH]1C(CCC)=Cc2c(-c3cccc4ccccc34)cccc21)[CH]1C(CCC)=Cc2c(-c3cccc4ccccc34)cccc21. The normalized spacial score (nSPS) is 16.7. The van der Waals surface area contributed by atoms with Crippen molar-refractivity contribution in [1.82, 2.24) is 0 Å². The topological polar surface area (TPSA) is 0 Å². The van der Waals surface area contributed by atoms with E-state index in [0.717, 1.165) is 12.8 Å². The molecule has 2 aliphatic carbocycles. The summed E-state index contributed by atoms with van der Waals surface area (Å²) in [5.74, 6) is 0. The fourth-order valence-electron chi connectivity index (χ4n) is 8.37. The molecule has 2 atom stereocenters. The van der Waals surface area contributed by atoms with Crippen molar-refractivity contribution in [3.63, 3.8) is 0 Å². The van der Waals surface area contributed by atoms with Crippen LogP contribution in [-0.2, 0) is 21.3 Å². The van der Waals surface area contributed by atoms with Gasteiger partial charge < -0.3 is 0 Å². The third-order valence-corrected chi connectivity index (χ3v) is 17.3. The summed E-state index contributed by atoms with van der Waals surface area (Å²) >= 11 is -2.45. The molecule has 224 valence electrons. The first-order chi connectivity index (χ1) is 22.7. The van der Waals surface area contributed by atoms with E-state index in [1.54, 1.807) is 11.1 Å². The molecule has 0 bridgehead atoms. The van der Waals surface area contributed by atoms with E-state index < -0.39 is 21.3 Å². The van der Waals surface area contributed by atoms with Crippen LogP contribution in [0.25, 0.3) is 56.0 Å². The van der Waals surface area contributed by atoms with Crippen molar-refractivity contribution in [3.8, 4) is 22.3 Å². The van der Waals surface area contributed by atoms with Crippen LogP contribution in [0, 0.1) is 0 Å². The monoisotopic (exact) mass is 670 g/mol. The standard InChI is InChI=1S/2C22H19.CH2.Zr/c2*1-2-7-16-14-18-10-6-13-21(22(18)15-16)20-12-5-9-17-8-3-4-11-19(17)20;;/h2*3-6,8-15H,2,7H2,1H3;1H2;. The molecule has 0 saturated carbocycles. The van der Waals surface area contributed by atoms with Gasteiger partial charge in [-0.15, -0.1) is 0 Å². The Bertz CT molecular complexity index is 2040. The first-order valence-corrected chi connectivity index (χ1v) is 21.6. The van der Waals surface area contributed by atoms with E-state index in [0.29, 0.717) is 7.25 Å². The second-order valence-electron chi connectivity index (χ2n) is 13.0. The summed E-state index contributed by atoms with van der Waals surface area (Å²) in [5, 5.41) is 5.27. The van der Waals surface area contributed by atoms with E-state index in [4.69, 9.17) is 4.21 Å². The Hall–Kier alpha value is -3.93. The molecule has 6 aromatic carbocycles. The van der Waals surface area contributed by atoms with Gasteiger partial charge in [0.25, 0.3) is 0 Å². The van der Waals surface area contributed by atoms with Crippen LogP contribution in [0.1, 0.15) is 69.0 Å². The number of allylic oxidation sites excluding steroid dienone is 2. The van der Waals surface area contributed by atoms with Crippen LogP contribution in [-0.4, -0.2) is 4.21 Å². The molecule has 0 aliphatic heterocycles. The maximum absolute atomic E-state index is 5.28. The van der Waals surface area contributed by atoms with Crippen molar-refractivity contribution >= 4 is 37.9 Å². The Morgan fingerprint density at radius 2 is 0.870 bits per heavy atom. The summed E-state index contributed by atoms with van der Waals surface area (Å²) in [6.07, 6.45) is 9.80. The molecule has 0 aromatic heterocycles. The van der Waals surface area contributed by atoms with E-state index in [2.05, 4.69) is 147 Å². The summed E-state index contributed by atoms with van der Waals surface area (Å²) in [6.45, 7) is 4.67. The van der Waals surface area contributed by atoms with Gasteiger partial charge in [-0.05, 0) is 0 Å². The van der Waals surface area contributed by atoms with Crippen LogP contribution >= 0.6 is 0 Å². The van der Waals surface area contributed by atoms with Gasteiger partial charge in [0.2, 0.25) is 0 Å². The second-order valence-corrected chi connectivity index (χ2v) is 18.7. The van der Waals surface area contributed by atoms with Gasteiger partial charge in [0, 0.05) is 0 Å². The minimum atomic E-state index is -2.45. The van der Waals surface area contributed by atoms with E-state index in [9.17, 15) is 0 Å². The molecular weight excluding hydrogens is 632 g/mol. The van der Waals surface area contributed by atoms with Crippen molar-refractivity contribution < 1.29 is 21.3 Å². The van der Waals surface area contributed by atoms with Crippen molar-refractivity contribution in [2.75, 3.05) is 0 Å². The third kappa shape index (κ3) is 4.87. The number of hydrogen-bond donors (Lipinski definition) is 0. The maximum atomic E-state index is 5.28. The van der Waals surface area contributed by atoms with Gasteiger partial charge in [0.15, 0.2) is 0 Å². The molecule has 1 heteroatoms. The Morgan fingerprint density at radius 3 is 1.33 bits per heavy atom. The second kappa shape index (κ2) is 12.4. The van der Waals surface area contributed by atoms with E-state index in [-0.39, 0.29) is 0 Å². The quantitative estimate of drug-likeness (QED) is 0.151. The summed E-state index contributed by atoms with van der Waals surface area (Å²) in [5.41, 5.74) is 14.6. The minimum absolute atomic E-state index is 0.490. The predicted octanol–water partition coefficient (Wildman–Crippen LogP) is 12.6. The zero-order valence-electron chi connectivity index (χ0n) is 26.9. The zero-order chi connectivity index (χ0) is 31.2. The van der Waals surface area contributed by atoms with Gasteiger partial charge in [0.1, 0.15) is 0 Å². The molecule has 6 aromatic rings. The molecule has 0 heterocycles. The van der Waals surface area contributed by atoms with Gasteiger partial charge in [-0.2, -0.15) is 0 Å². The average Bonchev–Trinajstić information content (AvgIpc) is 3.66. The molecule has 8 rings (SSSR count). The van der Waals surface area contributed by atoms with Crippen LogP contribution in [0.4, 0.5) is 0 Å². The molecule has 0 amide bonds. The van der Waals surface area contributed by atoms with Crippen molar-refractivity contribution in [1.29, 1.82) is 0 Å². The number of benzene rings is 6. The van der Waals surface area contributed by atoms with Crippen LogP contribution in [0.2, 0.25) is 0 Å².